The van der Waals surface area contributed by atoms with Crippen molar-refractivity contribution in [1.29, 1.82) is 0 Å². The lowest BCUT2D eigenvalue weighted by Crippen LogP contribution is -2.03. The second-order valence-electron chi connectivity index (χ2n) is 4.92. The van der Waals surface area contributed by atoms with Gasteiger partial charge in [0.05, 0.1) is 5.69 Å². The van der Waals surface area contributed by atoms with Crippen molar-refractivity contribution in [3.63, 3.8) is 0 Å². The molecule has 3 aromatic rings. The fraction of sp³-hybridized carbons (Fsp3) is 0.133. The van der Waals surface area contributed by atoms with Gasteiger partial charge in [-0.25, -0.2) is 0 Å². The summed E-state index contributed by atoms with van der Waals surface area (Å²) in [5.74, 6) is 0.644. The predicted octanol–water partition coefficient (Wildman–Crippen LogP) is 3.18. The van der Waals surface area contributed by atoms with Crippen molar-refractivity contribution >= 4 is 17.3 Å². The lowest BCUT2D eigenvalue weighted by Gasteiger charge is -2.10. The second-order valence-corrected chi connectivity index (χ2v) is 5.36. The van der Waals surface area contributed by atoms with Crippen LogP contribution in [0.5, 0.6) is 0 Å². The maximum absolute atomic E-state index is 6.09. The number of aromatic nitrogens is 4. The third-order valence-corrected chi connectivity index (χ3v) is 3.61. The Morgan fingerprint density at radius 3 is 2.62 bits per heavy atom. The molecule has 0 aliphatic heterocycles. The van der Waals surface area contributed by atoms with Crippen LogP contribution in [0.2, 0.25) is 5.02 Å². The first-order valence-electron chi connectivity index (χ1n) is 6.47. The van der Waals surface area contributed by atoms with Crippen LogP contribution in [0.4, 0.5) is 5.69 Å². The number of benzene rings is 2. The highest BCUT2D eigenvalue weighted by atomic mass is 35.5. The topological polar surface area (TPSA) is 69.6 Å². The number of nitrogens with two attached hydrogens (primary N) is 1. The highest BCUT2D eigenvalue weighted by molar-refractivity contribution is 6.30. The van der Waals surface area contributed by atoms with Crippen LogP contribution in [0, 0.1) is 13.8 Å². The number of nitrogens with zero attached hydrogens (tertiary/aromatic N) is 4. The highest BCUT2D eigenvalue weighted by Gasteiger charge is 2.15. The van der Waals surface area contributed by atoms with Crippen LogP contribution >= 0.6 is 11.6 Å². The zero-order valence-corrected chi connectivity index (χ0v) is 12.5. The van der Waals surface area contributed by atoms with Crippen molar-refractivity contribution in [2.75, 3.05) is 5.73 Å². The number of nitrogen functional groups attached to an aromatic ring is 1. The fourth-order valence-corrected chi connectivity index (χ4v) is 2.37. The summed E-state index contributed by atoms with van der Waals surface area (Å²) < 4.78 is 1.68. The Kier molecular flexibility index (Phi) is 3.35. The first kappa shape index (κ1) is 13.6. The van der Waals surface area contributed by atoms with Gasteiger partial charge in [0.25, 0.3) is 0 Å². The van der Waals surface area contributed by atoms with Gasteiger partial charge in [0, 0.05) is 16.3 Å². The van der Waals surface area contributed by atoms with E-state index in [9.17, 15) is 0 Å². The van der Waals surface area contributed by atoms with Crippen LogP contribution in [0.25, 0.3) is 17.1 Å². The Labute approximate surface area is 127 Å². The maximum Gasteiger partial charge on any atom is 0.187 e. The zero-order valence-electron chi connectivity index (χ0n) is 11.7. The molecule has 0 spiro atoms. The summed E-state index contributed by atoms with van der Waals surface area (Å²) in [6.07, 6.45) is 0. The number of anilines is 1. The molecule has 0 fully saturated rings. The molecule has 0 bridgehead atoms. The summed E-state index contributed by atoms with van der Waals surface area (Å²) >= 11 is 6.09. The van der Waals surface area contributed by atoms with Crippen molar-refractivity contribution in [3.05, 3.63) is 52.5 Å². The summed E-state index contributed by atoms with van der Waals surface area (Å²) in [5, 5.41) is 12.7. The lowest BCUT2D eigenvalue weighted by atomic mass is 10.1. The number of hydrogen-bond acceptors (Lipinski definition) is 4. The Bertz CT molecular complexity index is 744. The van der Waals surface area contributed by atoms with Gasteiger partial charge in [-0.05, 0) is 59.7 Å². The molecule has 0 aliphatic rings. The van der Waals surface area contributed by atoms with E-state index in [0.29, 0.717) is 16.5 Å². The van der Waals surface area contributed by atoms with Gasteiger partial charge >= 0.3 is 0 Å². The Morgan fingerprint density at radius 1 is 1.05 bits per heavy atom. The minimum Gasteiger partial charge on any atom is -0.399 e. The van der Waals surface area contributed by atoms with Crippen molar-refractivity contribution in [2.24, 2.45) is 0 Å². The number of aryl methyl sites for hydroxylation is 2. The minimum atomic E-state index is 0.640. The van der Waals surface area contributed by atoms with E-state index in [1.807, 2.05) is 50.2 Å². The second kappa shape index (κ2) is 5.18. The molecule has 3 rings (SSSR count). The van der Waals surface area contributed by atoms with Crippen LogP contribution < -0.4 is 5.73 Å². The molecule has 1 heterocycles. The van der Waals surface area contributed by atoms with Gasteiger partial charge in [-0.1, -0.05) is 23.7 Å². The van der Waals surface area contributed by atoms with Gasteiger partial charge in [-0.3, -0.25) is 0 Å². The van der Waals surface area contributed by atoms with Crippen LogP contribution in [0.1, 0.15) is 11.1 Å². The molecule has 1 aromatic heterocycles. The molecule has 5 nitrogen and oxygen atoms in total. The zero-order chi connectivity index (χ0) is 15.0. The van der Waals surface area contributed by atoms with E-state index < -0.39 is 0 Å². The van der Waals surface area contributed by atoms with Gasteiger partial charge in [0.2, 0.25) is 0 Å². The molecule has 0 atom stereocenters. The van der Waals surface area contributed by atoms with Gasteiger partial charge < -0.3 is 5.73 Å². The highest BCUT2D eigenvalue weighted by Crippen LogP contribution is 2.27. The molecule has 2 aromatic carbocycles. The molecule has 106 valence electrons. The monoisotopic (exact) mass is 299 g/mol. The molecule has 2 N–H and O–H groups in total. The van der Waals surface area contributed by atoms with E-state index in [4.69, 9.17) is 17.3 Å². The van der Waals surface area contributed by atoms with Gasteiger partial charge in [0.15, 0.2) is 5.82 Å². The molecule has 0 saturated carbocycles. The molecule has 21 heavy (non-hydrogen) atoms. The van der Waals surface area contributed by atoms with Crippen LogP contribution in [-0.4, -0.2) is 20.2 Å². The molecule has 0 aliphatic carbocycles. The van der Waals surface area contributed by atoms with E-state index in [1.165, 1.54) is 0 Å². The number of hydrogen-bond donors (Lipinski definition) is 1. The van der Waals surface area contributed by atoms with E-state index in [0.717, 1.165) is 22.4 Å². The van der Waals surface area contributed by atoms with E-state index in [2.05, 4.69) is 15.5 Å². The summed E-state index contributed by atoms with van der Waals surface area (Å²) in [6.45, 7) is 3.99. The van der Waals surface area contributed by atoms with Crippen molar-refractivity contribution < 1.29 is 0 Å². The Balaban J connectivity index is 2.22. The fourth-order valence-electron chi connectivity index (χ4n) is 2.21. The first-order valence-corrected chi connectivity index (χ1v) is 6.85. The quantitative estimate of drug-likeness (QED) is 0.738. The summed E-state index contributed by atoms with van der Waals surface area (Å²) in [4.78, 5) is 0. The minimum absolute atomic E-state index is 0.640. The molecular formula is C15H14ClN5. The molecule has 6 heteroatoms. The number of halogens is 1. The number of tetrazole rings is 1. The van der Waals surface area contributed by atoms with Crippen molar-refractivity contribution in [3.8, 4) is 17.1 Å². The third-order valence-electron chi connectivity index (χ3n) is 3.37. The average molecular weight is 300 g/mol. The van der Waals surface area contributed by atoms with Crippen LogP contribution in [0.15, 0.2) is 36.4 Å². The average Bonchev–Trinajstić information content (AvgIpc) is 2.93. The van der Waals surface area contributed by atoms with Crippen LogP contribution in [0.3, 0.4) is 0 Å². The third kappa shape index (κ3) is 2.48. The molecule has 0 unspecified atom stereocenters. The molecule has 0 saturated heterocycles. The Morgan fingerprint density at radius 2 is 1.81 bits per heavy atom. The van der Waals surface area contributed by atoms with Gasteiger partial charge in [-0.15, -0.1) is 5.10 Å². The van der Waals surface area contributed by atoms with Gasteiger partial charge in [0.1, 0.15) is 0 Å². The SMILES string of the molecule is Cc1ccc(N)cc1-c1nnnn1-c1cc(Cl)ccc1C. The van der Waals surface area contributed by atoms with Crippen molar-refractivity contribution in [2.45, 2.75) is 13.8 Å². The maximum atomic E-state index is 6.09. The van der Waals surface area contributed by atoms with E-state index in [1.54, 1.807) is 4.68 Å². The molecular weight excluding hydrogens is 286 g/mol. The van der Waals surface area contributed by atoms with Crippen molar-refractivity contribution in [1.82, 2.24) is 20.2 Å². The summed E-state index contributed by atoms with van der Waals surface area (Å²) in [5.41, 5.74) is 10.4. The normalized spacial score (nSPS) is 10.8. The summed E-state index contributed by atoms with van der Waals surface area (Å²) in [6, 6.07) is 11.3. The largest absolute Gasteiger partial charge is 0.399 e. The smallest absolute Gasteiger partial charge is 0.187 e. The van der Waals surface area contributed by atoms with E-state index in [-0.39, 0.29) is 0 Å². The molecule has 0 radical (unpaired) electrons. The summed E-state index contributed by atoms with van der Waals surface area (Å²) in [7, 11) is 0. The van der Waals surface area contributed by atoms with Gasteiger partial charge in [-0.2, -0.15) is 4.68 Å². The van der Waals surface area contributed by atoms with E-state index >= 15 is 0 Å². The predicted molar refractivity (Wildman–Crippen MR) is 83.5 cm³/mol. The van der Waals surface area contributed by atoms with Crippen LogP contribution in [-0.2, 0) is 0 Å². The first-order chi connectivity index (χ1) is 10.1. The Hall–Kier alpha value is -2.40. The molecule has 0 amide bonds. The lowest BCUT2D eigenvalue weighted by molar-refractivity contribution is 0.787. The number of rotatable bonds is 2. The standard InChI is InChI=1S/C15H14ClN5/c1-9-4-6-12(17)8-13(9)15-18-19-20-21(15)14-7-11(16)5-3-10(14)2/h3-8H,17H2,1-2H3.